The van der Waals surface area contributed by atoms with Crippen LogP contribution in [0.5, 0.6) is 0 Å². The zero-order valence-corrected chi connectivity index (χ0v) is 12.2. The van der Waals surface area contributed by atoms with Crippen LogP contribution in [-0.4, -0.2) is 17.8 Å². The Balaban J connectivity index is 1.71. The SMILES string of the molecule is OC(CNc1ccc(I)cc1)CC1CCCC1. The summed E-state index contributed by atoms with van der Waals surface area (Å²) >= 11 is 2.29. The van der Waals surface area contributed by atoms with Crippen molar-refractivity contribution in [3.05, 3.63) is 27.8 Å². The van der Waals surface area contributed by atoms with E-state index in [1.807, 2.05) is 0 Å². The summed E-state index contributed by atoms with van der Waals surface area (Å²) in [6.45, 7) is 0.664. The van der Waals surface area contributed by atoms with E-state index < -0.39 is 0 Å². The van der Waals surface area contributed by atoms with Gasteiger partial charge in [-0.05, 0) is 59.2 Å². The van der Waals surface area contributed by atoms with Crippen LogP contribution < -0.4 is 5.32 Å². The Morgan fingerprint density at radius 2 is 1.88 bits per heavy atom. The Kier molecular flexibility index (Phi) is 5.10. The van der Waals surface area contributed by atoms with Crippen molar-refractivity contribution in [2.45, 2.75) is 38.2 Å². The van der Waals surface area contributed by atoms with Gasteiger partial charge < -0.3 is 10.4 Å². The van der Waals surface area contributed by atoms with Crippen LogP contribution in [0.4, 0.5) is 5.69 Å². The van der Waals surface area contributed by atoms with E-state index in [1.54, 1.807) is 0 Å². The van der Waals surface area contributed by atoms with Crippen molar-refractivity contribution in [1.29, 1.82) is 0 Å². The maximum atomic E-state index is 9.96. The predicted octanol–water partition coefficient (Wildman–Crippen LogP) is 3.64. The highest BCUT2D eigenvalue weighted by Crippen LogP contribution is 2.28. The number of halogens is 1. The maximum Gasteiger partial charge on any atom is 0.0715 e. The van der Waals surface area contributed by atoms with Crippen LogP contribution in [0.1, 0.15) is 32.1 Å². The lowest BCUT2D eigenvalue weighted by Gasteiger charge is -2.16. The Morgan fingerprint density at radius 3 is 2.53 bits per heavy atom. The highest BCUT2D eigenvalue weighted by Gasteiger charge is 2.18. The molecule has 0 amide bonds. The molecule has 0 spiro atoms. The molecule has 0 radical (unpaired) electrons. The minimum Gasteiger partial charge on any atom is -0.391 e. The molecule has 0 aliphatic heterocycles. The molecule has 1 saturated carbocycles. The van der Waals surface area contributed by atoms with Gasteiger partial charge in [-0.15, -0.1) is 0 Å². The van der Waals surface area contributed by atoms with Crippen LogP contribution in [0, 0.1) is 9.49 Å². The van der Waals surface area contributed by atoms with E-state index in [2.05, 4.69) is 52.2 Å². The number of benzene rings is 1. The van der Waals surface area contributed by atoms with Crippen molar-refractivity contribution < 1.29 is 5.11 Å². The van der Waals surface area contributed by atoms with Gasteiger partial charge in [0.25, 0.3) is 0 Å². The fraction of sp³-hybridized carbons (Fsp3) is 0.571. The van der Waals surface area contributed by atoms with E-state index in [4.69, 9.17) is 0 Å². The first kappa shape index (κ1) is 13.1. The van der Waals surface area contributed by atoms with Gasteiger partial charge >= 0.3 is 0 Å². The van der Waals surface area contributed by atoms with E-state index in [0.717, 1.165) is 18.0 Å². The molecule has 2 nitrogen and oxygen atoms in total. The minimum atomic E-state index is -0.211. The average molecular weight is 345 g/mol. The largest absolute Gasteiger partial charge is 0.391 e. The van der Waals surface area contributed by atoms with Crippen LogP contribution in [0.15, 0.2) is 24.3 Å². The third kappa shape index (κ3) is 4.47. The second-order valence-electron chi connectivity index (χ2n) is 4.93. The summed E-state index contributed by atoms with van der Waals surface area (Å²) in [5, 5.41) is 13.3. The number of nitrogens with one attached hydrogen (secondary N) is 1. The Morgan fingerprint density at radius 1 is 1.24 bits per heavy atom. The standard InChI is InChI=1S/C14H20INO/c15-12-5-7-13(8-6-12)16-10-14(17)9-11-3-1-2-4-11/h5-8,11,14,16-17H,1-4,9-10H2. The molecule has 1 aliphatic carbocycles. The molecule has 2 rings (SSSR count). The fourth-order valence-electron chi connectivity index (χ4n) is 2.52. The lowest BCUT2D eigenvalue weighted by molar-refractivity contribution is 0.155. The van der Waals surface area contributed by atoms with Crippen molar-refractivity contribution in [1.82, 2.24) is 0 Å². The summed E-state index contributed by atoms with van der Waals surface area (Å²) in [5.74, 6) is 0.753. The summed E-state index contributed by atoms with van der Waals surface area (Å²) in [6.07, 6.45) is 6.06. The molecule has 0 aromatic heterocycles. The minimum absolute atomic E-state index is 0.211. The lowest BCUT2D eigenvalue weighted by atomic mass is 10.00. The predicted molar refractivity (Wildman–Crippen MR) is 80.2 cm³/mol. The van der Waals surface area contributed by atoms with E-state index in [1.165, 1.54) is 29.3 Å². The highest BCUT2D eigenvalue weighted by atomic mass is 127. The smallest absolute Gasteiger partial charge is 0.0715 e. The summed E-state index contributed by atoms with van der Waals surface area (Å²) in [5.41, 5.74) is 1.09. The van der Waals surface area contributed by atoms with Crippen LogP contribution >= 0.6 is 22.6 Å². The number of hydrogen-bond donors (Lipinski definition) is 2. The molecule has 3 heteroatoms. The summed E-state index contributed by atoms with van der Waals surface area (Å²) < 4.78 is 1.24. The normalized spacial score (nSPS) is 18.2. The molecule has 0 bridgehead atoms. The van der Waals surface area contributed by atoms with Crippen LogP contribution in [0.25, 0.3) is 0 Å². The topological polar surface area (TPSA) is 32.3 Å². The van der Waals surface area contributed by atoms with E-state index in [-0.39, 0.29) is 6.10 Å². The second kappa shape index (κ2) is 6.59. The molecule has 1 atom stereocenters. The first-order chi connectivity index (χ1) is 8.24. The Hall–Kier alpha value is -0.290. The quantitative estimate of drug-likeness (QED) is 0.799. The maximum absolute atomic E-state index is 9.96. The van der Waals surface area contributed by atoms with Crippen molar-refractivity contribution in [3.8, 4) is 0 Å². The molecular weight excluding hydrogens is 325 g/mol. The van der Waals surface area contributed by atoms with Crippen LogP contribution in [-0.2, 0) is 0 Å². The van der Waals surface area contributed by atoms with Gasteiger partial charge in [0.2, 0.25) is 0 Å². The first-order valence-corrected chi connectivity index (χ1v) is 7.49. The van der Waals surface area contributed by atoms with Gasteiger partial charge in [0, 0.05) is 15.8 Å². The second-order valence-corrected chi connectivity index (χ2v) is 6.17. The molecule has 1 aromatic rings. The fourth-order valence-corrected chi connectivity index (χ4v) is 2.88. The van der Waals surface area contributed by atoms with Gasteiger partial charge in [-0.2, -0.15) is 0 Å². The number of anilines is 1. The average Bonchev–Trinajstić information content (AvgIpc) is 2.81. The van der Waals surface area contributed by atoms with Crippen molar-refractivity contribution in [2.24, 2.45) is 5.92 Å². The summed E-state index contributed by atoms with van der Waals surface area (Å²) in [4.78, 5) is 0. The zero-order valence-electron chi connectivity index (χ0n) is 10.0. The number of hydrogen-bond acceptors (Lipinski definition) is 2. The molecule has 1 aromatic carbocycles. The lowest BCUT2D eigenvalue weighted by Crippen LogP contribution is -2.21. The van der Waals surface area contributed by atoms with Gasteiger partial charge in [0.15, 0.2) is 0 Å². The zero-order chi connectivity index (χ0) is 12.1. The third-order valence-electron chi connectivity index (χ3n) is 3.47. The Bertz CT molecular complexity index is 333. The first-order valence-electron chi connectivity index (χ1n) is 6.41. The monoisotopic (exact) mass is 345 g/mol. The molecule has 17 heavy (non-hydrogen) atoms. The number of aliphatic hydroxyl groups is 1. The number of rotatable bonds is 5. The number of aliphatic hydroxyl groups excluding tert-OH is 1. The molecule has 0 saturated heterocycles. The van der Waals surface area contributed by atoms with Gasteiger partial charge in [-0.3, -0.25) is 0 Å². The molecule has 94 valence electrons. The van der Waals surface area contributed by atoms with Crippen molar-refractivity contribution in [2.75, 3.05) is 11.9 Å². The molecule has 2 N–H and O–H groups in total. The highest BCUT2D eigenvalue weighted by molar-refractivity contribution is 14.1. The van der Waals surface area contributed by atoms with E-state index in [0.29, 0.717) is 6.54 Å². The third-order valence-corrected chi connectivity index (χ3v) is 4.19. The summed E-state index contributed by atoms with van der Waals surface area (Å²) in [7, 11) is 0. The molecule has 1 fully saturated rings. The molecular formula is C14H20INO. The van der Waals surface area contributed by atoms with Crippen molar-refractivity contribution >= 4 is 28.3 Å². The van der Waals surface area contributed by atoms with Crippen LogP contribution in [0.2, 0.25) is 0 Å². The molecule has 1 aliphatic rings. The van der Waals surface area contributed by atoms with Gasteiger partial charge in [-0.1, -0.05) is 25.7 Å². The van der Waals surface area contributed by atoms with E-state index >= 15 is 0 Å². The molecule has 1 unspecified atom stereocenters. The van der Waals surface area contributed by atoms with E-state index in [9.17, 15) is 5.11 Å². The van der Waals surface area contributed by atoms with Gasteiger partial charge in [0.05, 0.1) is 6.10 Å². The molecule has 0 heterocycles. The van der Waals surface area contributed by atoms with Gasteiger partial charge in [-0.25, -0.2) is 0 Å². The van der Waals surface area contributed by atoms with Crippen molar-refractivity contribution in [3.63, 3.8) is 0 Å². The summed E-state index contributed by atoms with van der Waals surface area (Å²) in [6, 6.07) is 8.27. The Labute approximate surface area is 117 Å². The van der Waals surface area contributed by atoms with Crippen LogP contribution in [0.3, 0.4) is 0 Å². The van der Waals surface area contributed by atoms with Gasteiger partial charge in [0.1, 0.15) is 0 Å².